The number of benzene rings is 1. The minimum atomic E-state index is -4.37. The lowest BCUT2D eigenvalue weighted by atomic mass is 9.71. The number of alkyl halides is 3. The van der Waals surface area contributed by atoms with Gasteiger partial charge in [0.05, 0.1) is 17.2 Å². The number of rotatable bonds is 4. The number of esters is 1. The fourth-order valence-electron chi connectivity index (χ4n) is 2.89. The molecular formula is C17H15F3N2O4. The highest BCUT2D eigenvalue weighted by Gasteiger charge is 2.37. The van der Waals surface area contributed by atoms with Gasteiger partial charge in [-0.05, 0) is 36.5 Å². The summed E-state index contributed by atoms with van der Waals surface area (Å²) in [4.78, 5) is 38.6. The normalized spacial score (nSPS) is 19.7. The van der Waals surface area contributed by atoms with Gasteiger partial charge in [0.1, 0.15) is 6.61 Å². The molecule has 0 atom stereocenters. The minimum absolute atomic E-state index is 0.00853. The molecule has 2 aromatic rings. The first-order chi connectivity index (χ1) is 12.2. The first kappa shape index (κ1) is 18.0. The molecule has 1 saturated carbocycles. The Morgan fingerprint density at radius 2 is 1.77 bits per heavy atom. The number of carbonyl (C=O) groups excluding carboxylic acids is 1. The van der Waals surface area contributed by atoms with Crippen LogP contribution in [0, 0.1) is 5.92 Å². The Balaban J connectivity index is 1.52. The van der Waals surface area contributed by atoms with Crippen LogP contribution < -0.4 is 11.2 Å². The van der Waals surface area contributed by atoms with E-state index >= 15 is 0 Å². The largest absolute Gasteiger partial charge is 0.459 e. The first-order valence-electron chi connectivity index (χ1n) is 7.88. The van der Waals surface area contributed by atoms with Gasteiger partial charge in [-0.25, -0.2) is 4.79 Å². The van der Waals surface area contributed by atoms with E-state index in [1.165, 1.54) is 12.1 Å². The summed E-state index contributed by atoms with van der Waals surface area (Å²) >= 11 is 0. The van der Waals surface area contributed by atoms with E-state index in [2.05, 4.69) is 4.98 Å². The molecule has 1 heterocycles. The molecule has 0 unspecified atom stereocenters. The molecule has 0 radical (unpaired) electrons. The second kappa shape index (κ2) is 6.81. The SMILES string of the molecule is O=C(OCc1cc(=O)[nH]c(=O)[nH]1)C1CC(c2ccc(C(F)(F)F)cc2)C1. The number of ether oxygens (including phenoxy) is 1. The van der Waals surface area contributed by atoms with Gasteiger partial charge in [-0.2, -0.15) is 13.2 Å². The molecule has 0 aliphatic heterocycles. The Labute approximate surface area is 145 Å². The summed E-state index contributed by atoms with van der Waals surface area (Å²) in [6, 6.07) is 6.04. The predicted molar refractivity (Wildman–Crippen MR) is 84.4 cm³/mol. The molecule has 138 valence electrons. The summed E-state index contributed by atoms with van der Waals surface area (Å²) in [5.74, 6) is -0.806. The molecule has 1 aliphatic rings. The van der Waals surface area contributed by atoms with Crippen molar-refractivity contribution < 1.29 is 22.7 Å². The van der Waals surface area contributed by atoms with E-state index < -0.39 is 29.0 Å². The van der Waals surface area contributed by atoms with Gasteiger partial charge in [0.15, 0.2) is 0 Å². The van der Waals surface area contributed by atoms with E-state index in [9.17, 15) is 27.6 Å². The van der Waals surface area contributed by atoms with E-state index in [1.807, 2.05) is 4.98 Å². The Morgan fingerprint density at radius 3 is 2.35 bits per heavy atom. The van der Waals surface area contributed by atoms with Crippen LogP contribution >= 0.6 is 0 Å². The standard InChI is InChI=1S/C17H15F3N2O4/c18-17(19,20)12-3-1-9(2-4-12)10-5-11(6-10)15(24)26-8-13-7-14(23)22-16(25)21-13/h1-4,7,10-11H,5-6,8H2,(H2,21,22,23,25). The number of halogens is 3. The summed E-state index contributed by atoms with van der Waals surface area (Å²) < 4.78 is 42.7. The van der Waals surface area contributed by atoms with Crippen molar-refractivity contribution in [2.24, 2.45) is 5.92 Å². The second-order valence-electron chi connectivity index (χ2n) is 6.21. The average Bonchev–Trinajstić information content (AvgIpc) is 2.50. The van der Waals surface area contributed by atoms with Crippen molar-refractivity contribution in [3.05, 3.63) is 68.0 Å². The van der Waals surface area contributed by atoms with Gasteiger partial charge in [-0.15, -0.1) is 0 Å². The number of carbonyl (C=O) groups is 1. The van der Waals surface area contributed by atoms with Gasteiger partial charge in [0.25, 0.3) is 5.56 Å². The van der Waals surface area contributed by atoms with Crippen LogP contribution in [-0.4, -0.2) is 15.9 Å². The molecule has 0 bridgehead atoms. The van der Waals surface area contributed by atoms with Gasteiger partial charge in [0.2, 0.25) is 0 Å². The van der Waals surface area contributed by atoms with Crippen LogP contribution in [0.1, 0.15) is 35.6 Å². The molecule has 0 spiro atoms. The molecule has 0 amide bonds. The molecule has 1 fully saturated rings. The zero-order valence-corrected chi connectivity index (χ0v) is 13.4. The number of hydrogen-bond acceptors (Lipinski definition) is 4. The minimum Gasteiger partial charge on any atom is -0.459 e. The molecule has 3 rings (SSSR count). The number of aromatic nitrogens is 2. The zero-order valence-electron chi connectivity index (χ0n) is 13.4. The quantitative estimate of drug-likeness (QED) is 0.810. The lowest BCUT2D eigenvalue weighted by molar-refractivity contribution is -0.153. The predicted octanol–water partition coefficient (Wildman–Crippen LogP) is 2.32. The second-order valence-corrected chi connectivity index (χ2v) is 6.21. The zero-order chi connectivity index (χ0) is 18.9. The number of H-pyrrole nitrogens is 2. The van der Waals surface area contributed by atoms with Gasteiger partial charge in [-0.3, -0.25) is 14.6 Å². The molecule has 2 N–H and O–H groups in total. The fourth-order valence-corrected chi connectivity index (χ4v) is 2.89. The number of aromatic amines is 2. The lowest BCUT2D eigenvalue weighted by Gasteiger charge is -2.34. The first-order valence-corrected chi connectivity index (χ1v) is 7.88. The van der Waals surface area contributed by atoms with Crippen molar-refractivity contribution in [2.75, 3.05) is 0 Å². The highest BCUT2D eigenvalue weighted by atomic mass is 19.4. The molecule has 1 aromatic heterocycles. The van der Waals surface area contributed by atoms with Crippen LogP contribution in [0.3, 0.4) is 0 Å². The third-order valence-corrected chi connectivity index (χ3v) is 4.37. The summed E-state index contributed by atoms with van der Waals surface area (Å²) in [6.07, 6.45) is -3.41. The summed E-state index contributed by atoms with van der Waals surface area (Å²) in [6.45, 7) is -0.223. The van der Waals surface area contributed by atoms with Gasteiger partial charge in [0, 0.05) is 6.07 Å². The van der Waals surface area contributed by atoms with Crippen molar-refractivity contribution in [1.29, 1.82) is 0 Å². The van der Waals surface area contributed by atoms with Crippen LogP contribution in [-0.2, 0) is 22.3 Å². The Hall–Kier alpha value is -2.84. The van der Waals surface area contributed by atoms with Gasteiger partial charge >= 0.3 is 17.8 Å². The van der Waals surface area contributed by atoms with Crippen LogP contribution in [0.25, 0.3) is 0 Å². The van der Waals surface area contributed by atoms with Crippen molar-refractivity contribution in [3.8, 4) is 0 Å². The van der Waals surface area contributed by atoms with E-state index in [0.717, 1.165) is 23.8 Å². The smallest absolute Gasteiger partial charge is 0.416 e. The maximum Gasteiger partial charge on any atom is 0.416 e. The number of hydrogen-bond donors (Lipinski definition) is 2. The molecule has 1 aromatic carbocycles. The molecule has 9 heteroatoms. The van der Waals surface area contributed by atoms with Crippen molar-refractivity contribution >= 4 is 5.97 Å². The van der Waals surface area contributed by atoms with E-state index in [4.69, 9.17) is 4.74 Å². The topological polar surface area (TPSA) is 92.0 Å². The third kappa shape index (κ3) is 4.04. The monoisotopic (exact) mass is 368 g/mol. The van der Waals surface area contributed by atoms with Gasteiger partial charge in [-0.1, -0.05) is 12.1 Å². The summed E-state index contributed by atoms with van der Waals surface area (Å²) in [5.41, 5.74) is -1.05. The van der Waals surface area contributed by atoms with Crippen LogP contribution in [0.15, 0.2) is 39.9 Å². The maximum absolute atomic E-state index is 12.6. The Morgan fingerprint density at radius 1 is 1.12 bits per heavy atom. The average molecular weight is 368 g/mol. The Kier molecular flexibility index (Phi) is 4.71. The van der Waals surface area contributed by atoms with Gasteiger partial charge < -0.3 is 9.72 Å². The van der Waals surface area contributed by atoms with E-state index in [0.29, 0.717) is 12.8 Å². The third-order valence-electron chi connectivity index (χ3n) is 4.37. The van der Waals surface area contributed by atoms with Crippen molar-refractivity contribution in [2.45, 2.75) is 31.5 Å². The van der Waals surface area contributed by atoms with Crippen LogP contribution in [0.4, 0.5) is 13.2 Å². The maximum atomic E-state index is 12.6. The van der Waals surface area contributed by atoms with Crippen molar-refractivity contribution in [3.63, 3.8) is 0 Å². The lowest BCUT2D eigenvalue weighted by Crippen LogP contribution is -2.31. The highest BCUT2D eigenvalue weighted by molar-refractivity contribution is 5.74. The summed E-state index contributed by atoms with van der Waals surface area (Å²) in [7, 11) is 0. The van der Waals surface area contributed by atoms with Crippen LogP contribution in [0.2, 0.25) is 0 Å². The molecule has 1 aliphatic carbocycles. The number of nitrogens with one attached hydrogen (secondary N) is 2. The molecular weight excluding hydrogens is 353 g/mol. The Bertz CT molecular complexity index is 881. The fraction of sp³-hybridized carbons (Fsp3) is 0.353. The molecule has 26 heavy (non-hydrogen) atoms. The molecule has 6 nitrogen and oxygen atoms in total. The molecule has 0 saturated heterocycles. The van der Waals surface area contributed by atoms with E-state index in [-0.39, 0.29) is 24.1 Å². The van der Waals surface area contributed by atoms with Crippen LogP contribution in [0.5, 0.6) is 0 Å². The van der Waals surface area contributed by atoms with Crippen molar-refractivity contribution in [1.82, 2.24) is 9.97 Å². The summed E-state index contributed by atoms with van der Waals surface area (Å²) in [5, 5.41) is 0. The highest BCUT2D eigenvalue weighted by Crippen LogP contribution is 2.43. The van der Waals surface area contributed by atoms with E-state index in [1.54, 1.807) is 0 Å².